The van der Waals surface area contributed by atoms with E-state index in [1.807, 2.05) is 17.5 Å². The van der Waals surface area contributed by atoms with Crippen molar-refractivity contribution in [3.8, 4) is 10.8 Å². The Kier molecular flexibility index (Phi) is 4.71. The number of aromatic nitrogens is 4. The van der Waals surface area contributed by atoms with Crippen molar-refractivity contribution in [2.24, 2.45) is 0 Å². The quantitative estimate of drug-likeness (QED) is 0.592. The van der Waals surface area contributed by atoms with Gasteiger partial charge in [0.2, 0.25) is 5.89 Å². The standard InChI is InChI=1S/C17H20N4OS2/c1-12-19-20-17(21(12)14-6-3-2-4-7-14)24-11-13-10-22-16(18-13)15-8-5-9-23-15/h5,8-10,14H,2-4,6-7,11H2,1H3. The highest BCUT2D eigenvalue weighted by Crippen LogP contribution is 2.33. The summed E-state index contributed by atoms with van der Waals surface area (Å²) in [7, 11) is 0. The van der Waals surface area contributed by atoms with Crippen LogP contribution in [0.5, 0.6) is 0 Å². The third-order valence-corrected chi connectivity index (χ3v) is 6.24. The molecule has 0 unspecified atom stereocenters. The maximum absolute atomic E-state index is 5.59. The van der Waals surface area contributed by atoms with E-state index in [1.165, 1.54) is 32.1 Å². The summed E-state index contributed by atoms with van der Waals surface area (Å²) >= 11 is 3.33. The zero-order valence-electron chi connectivity index (χ0n) is 13.6. The molecule has 7 heteroatoms. The molecule has 5 nitrogen and oxygen atoms in total. The Morgan fingerprint density at radius 2 is 2.17 bits per heavy atom. The van der Waals surface area contributed by atoms with E-state index in [9.17, 15) is 0 Å². The maximum Gasteiger partial charge on any atom is 0.236 e. The van der Waals surface area contributed by atoms with E-state index in [1.54, 1.807) is 29.4 Å². The Hall–Kier alpha value is -1.60. The lowest BCUT2D eigenvalue weighted by atomic mass is 9.95. The van der Waals surface area contributed by atoms with Crippen molar-refractivity contribution in [1.82, 2.24) is 19.7 Å². The molecule has 24 heavy (non-hydrogen) atoms. The molecule has 0 aromatic carbocycles. The van der Waals surface area contributed by atoms with Gasteiger partial charge in [-0.1, -0.05) is 37.1 Å². The van der Waals surface area contributed by atoms with Gasteiger partial charge in [-0.25, -0.2) is 4.98 Å². The van der Waals surface area contributed by atoms with E-state index >= 15 is 0 Å². The number of thiophene rings is 1. The van der Waals surface area contributed by atoms with Crippen molar-refractivity contribution in [2.45, 2.75) is 56.0 Å². The third kappa shape index (κ3) is 3.28. The summed E-state index contributed by atoms with van der Waals surface area (Å²) < 4.78 is 7.92. The van der Waals surface area contributed by atoms with Crippen LogP contribution in [0.15, 0.2) is 33.3 Å². The predicted octanol–water partition coefficient (Wildman–Crippen LogP) is 5.10. The zero-order valence-corrected chi connectivity index (χ0v) is 15.3. The summed E-state index contributed by atoms with van der Waals surface area (Å²) in [4.78, 5) is 5.64. The van der Waals surface area contributed by atoms with Gasteiger partial charge in [-0.3, -0.25) is 0 Å². The number of aryl methyl sites for hydroxylation is 1. The molecule has 1 saturated carbocycles. The van der Waals surface area contributed by atoms with Crippen LogP contribution in [-0.4, -0.2) is 19.7 Å². The van der Waals surface area contributed by atoms with Crippen LogP contribution in [0, 0.1) is 6.92 Å². The monoisotopic (exact) mass is 360 g/mol. The highest BCUT2D eigenvalue weighted by atomic mass is 32.2. The first-order valence-electron chi connectivity index (χ1n) is 8.34. The molecule has 0 bridgehead atoms. The minimum absolute atomic E-state index is 0.551. The summed E-state index contributed by atoms with van der Waals surface area (Å²) in [6.07, 6.45) is 8.18. The number of nitrogens with zero attached hydrogens (tertiary/aromatic N) is 4. The number of hydrogen-bond donors (Lipinski definition) is 0. The molecule has 3 aromatic heterocycles. The van der Waals surface area contributed by atoms with Crippen LogP contribution in [0.3, 0.4) is 0 Å². The van der Waals surface area contributed by atoms with Gasteiger partial charge in [-0.2, -0.15) is 0 Å². The van der Waals surface area contributed by atoms with E-state index in [-0.39, 0.29) is 0 Å². The van der Waals surface area contributed by atoms with Crippen molar-refractivity contribution >= 4 is 23.1 Å². The Bertz CT molecular complexity index is 787. The molecule has 0 spiro atoms. The molecule has 1 aliphatic carbocycles. The average Bonchev–Trinajstić information content (AvgIpc) is 3.34. The van der Waals surface area contributed by atoms with Gasteiger partial charge in [0.05, 0.1) is 10.6 Å². The average molecular weight is 361 g/mol. The zero-order chi connectivity index (χ0) is 16.4. The molecular weight excluding hydrogens is 340 g/mol. The Labute approximate surface area is 149 Å². The van der Waals surface area contributed by atoms with Crippen LogP contribution < -0.4 is 0 Å². The first-order valence-corrected chi connectivity index (χ1v) is 10.2. The van der Waals surface area contributed by atoms with E-state index in [0.29, 0.717) is 11.9 Å². The van der Waals surface area contributed by atoms with Crippen LogP contribution in [0.4, 0.5) is 0 Å². The number of hydrogen-bond acceptors (Lipinski definition) is 6. The number of thioether (sulfide) groups is 1. The molecule has 0 atom stereocenters. The highest BCUT2D eigenvalue weighted by Gasteiger charge is 2.21. The lowest BCUT2D eigenvalue weighted by Gasteiger charge is -2.24. The van der Waals surface area contributed by atoms with Crippen molar-refractivity contribution in [2.75, 3.05) is 0 Å². The topological polar surface area (TPSA) is 56.7 Å². The molecule has 0 saturated heterocycles. The fourth-order valence-electron chi connectivity index (χ4n) is 3.23. The van der Waals surface area contributed by atoms with Gasteiger partial charge in [0.25, 0.3) is 0 Å². The molecule has 3 heterocycles. The second kappa shape index (κ2) is 7.11. The highest BCUT2D eigenvalue weighted by molar-refractivity contribution is 7.98. The van der Waals surface area contributed by atoms with Crippen LogP contribution in [0.1, 0.15) is 49.7 Å². The summed E-state index contributed by atoms with van der Waals surface area (Å²) in [5.41, 5.74) is 0.944. The van der Waals surface area contributed by atoms with Crippen LogP contribution in [-0.2, 0) is 5.75 Å². The van der Waals surface area contributed by atoms with Gasteiger partial charge in [0.1, 0.15) is 12.1 Å². The summed E-state index contributed by atoms with van der Waals surface area (Å²) in [5.74, 6) is 2.47. The van der Waals surface area contributed by atoms with E-state index in [2.05, 4.69) is 26.7 Å². The van der Waals surface area contributed by atoms with Crippen LogP contribution >= 0.6 is 23.1 Å². The summed E-state index contributed by atoms with van der Waals surface area (Å²) in [6, 6.07) is 4.58. The van der Waals surface area contributed by atoms with Crippen molar-refractivity contribution < 1.29 is 4.42 Å². The second-order valence-corrected chi connectivity index (χ2v) is 7.99. The first kappa shape index (κ1) is 15.9. The second-order valence-electron chi connectivity index (χ2n) is 6.10. The molecule has 0 amide bonds. The lowest BCUT2D eigenvalue weighted by Crippen LogP contribution is -2.15. The molecule has 1 aliphatic rings. The molecule has 0 aliphatic heterocycles. The fraction of sp³-hybridized carbons (Fsp3) is 0.471. The van der Waals surface area contributed by atoms with Crippen molar-refractivity contribution in [3.05, 3.63) is 35.3 Å². The molecule has 0 N–H and O–H groups in total. The van der Waals surface area contributed by atoms with Crippen molar-refractivity contribution in [3.63, 3.8) is 0 Å². The largest absolute Gasteiger partial charge is 0.444 e. The third-order valence-electron chi connectivity index (χ3n) is 4.41. The Morgan fingerprint density at radius 1 is 1.29 bits per heavy atom. The van der Waals surface area contributed by atoms with Gasteiger partial charge >= 0.3 is 0 Å². The molecule has 0 radical (unpaired) electrons. The predicted molar refractivity (Wildman–Crippen MR) is 96.3 cm³/mol. The van der Waals surface area contributed by atoms with E-state index in [4.69, 9.17) is 4.42 Å². The summed E-state index contributed by atoms with van der Waals surface area (Å²) in [6.45, 7) is 2.05. The minimum Gasteiger partial charge on any atom is -0.444 e. The fourth-order valence-corrected chi connectivity index (χ4v) is 4.82. The first-order chi connectivity index (χ1) is 11.8. The normalized spacial score (nSPS) is 15.9. The number of rotatable bonds is 5. The van der Waals surface area contributed by atoms with Gasteiger partial charge in [-0.05, 0) is 31.2 Å². The molecule has 126 valence electrons. The molecular formula is C17H20N4OS2. The Balaban J connectivity index is 1.46. The van der Waals surface area contributed by atoms with Crippen molar-refractivity contribution in [1.29, 1.82) is 0 Å². The van der Waals surface area contributed by atoms with Gasteiger partial charge in [0.15, 0.2) is 5.16 Å². The SMILES string of the molecule is Cc1nnc(SCc2coc(-c3cccs3)n2)n1C1CCCCC1. The lowest BCUT2D eigenvalue weighted by molar-refractivity contribution is 0.332. The van der Waals surface area contributed by atoms with E-state index < -0.39 is 0 Å². The Morgan fingerprint density at radius 3 is 2.96 bits per heavy atom. The van der Waals surface area contributed by atoms with Gasteiger partial charge < -0.3 is 8.98 Å². The smallest absolute Gasteiger partial charge is 0.236 e. The number of oxazole rings is 1. The van der Waals surface area contributed by atoms with Crippen LogP contribution in [0.25, 0.3) is 10.8 Å². The van der Waals surface area contributed by atoms with Gasteiger partial charge in [0, 0.05) is 11.8 Å². The van der Waals surface area contributed by atoms with Crippen LogP contribution in [0.2, 0.25) is 0 Å². The molecule has 4 rings (SSSR count). The molecule has 1 fully saturated rings. The van der Waals surface area contributed by atoms with Gasteiger partial charge in [-0.15, -0.1) is 21.5 Å². The van der Waals surface area contributed by atoms with E-state index in [0.717, 1.165) is 27.3 Å². The summed E-state index contributed by atoms with van der Waals surface area (Å²) in [5, 5.41) is 11.7. The minimum atomic E-state index is 0.551. The maximum atomic E-state index is 5.59. The molecule has 3 aromatic rings.